The molecule has 1 aliphatic heterocycles. The molecule has 2 aromatic rings. The van der Waals surface area contributed by atoms with Gasteiger partial charge in [-0.05, 0) is 48.5 Å². The van der Waals surface area contributed by atoms with E-state index < -0.39 is 5.51 Å². The first kappa shape index (κ1) is 18.6. The van der Waals surface area contributed by atoms with Crippen LogP contribution >= 0.6 is 11.8 Å². The molecule has 1 saturated heterocycles. The van der Waals surface area contributed by atoms with Crippen LogP contribution in [0.5, 0.6) is 0 Å². The minimum absolute atomic E-state index is 0.0499. The van der Waals surface area contributed by atoms with Gasteiger partial charge in [0.05, 0.1) is 5.56 Å². The number of piperazine rings is 1. The van der Waals surface area contributed by atoms with E-state index >= 15 is 0 Å². The lowest BCUT2D eigenvalue weighted by Gasteiger charge is -2.36. The molecule has 0 aromatic heterocycles. The van der Waals surface area contributed by atoms with Crippen LogP contribution in [0.4, 0.5) is 18.9 Å². The summed E-state index contributed by atoms with van der Waals surface area (Å²) in [6, 6.07) is 14.0. The molecule has 26 heavy (non-hydrogen) atoms. The minimum atomic E-state index is -4.42. The van der Waals surface area contributed by atoms with Crippen molar-refractivity contribution >= 4 is 23.4 Å². The SMILES string of the molecule is Cc1cccc(N2CCN(C(=O)c3ccccc3SC(F)(F)F)CC2)c1. The van der Waals surface area contributed by atoms with Crippen LogP contribution in [0.25, 0.3) is 0 Å². The predicted molar refractivity (Wildman–Crippen MR) is 97.6 cm³/mol. The summed E-state index contributed by atoms with van der Waals surface area (Å²) < 4.78 is 38.2. The highest BCUT2D eigenvalue weighted by Crippen LogP contribution is 2.38. The van der Waals surface area contributed by atoms with Gasteiger partial charge >= 0.3 is 5.51 Å². The molecule has 3 nitrogen and oxygen atoms in total. The van der Waals surface area contributed by atoms with E-state index in [2.05, 4.69) is 11.0 Å². The van der Waals surface area contributed by atoms with Gasteiger partial charge in [-0.2, -0.15) is 13.2 Å². The lowest BCUT2D eigenvalue weighted by atomic mass is 10.1. The number of thioether (sulfide) groups is 1. The van der Waals surface area contributed by atoms with Crippen LogP contribution in [0.2, 0.25) is 0 Å². The van der Waals surface area contributed by atoms with E-state index in [9.17, 15) is 18.0 Å². The van der Waals surface area contributed by atoms with Gasteiger partial charge in [-0.15, -0.1) is 0 Å². The van der Waals surface area contributed by atoms with Gasteiger partial charge in [0.15, 0.2) is 0 Å². The standard InChI is InChI=1S/C19H19F3N2OS/c1-14-5-4-6-15(13-14)23-9-11-24(12-10-23)18(25)16-7-2-3-8-17(16)26-19(20,21)22/h2-8,13H,9-12H2,1H3. The number of hydrogen-bond acceptors (Lipinski definition) is 3. The Morgan fingerprint density at radius 1 is 1.00 bits per heavy atom. The number of hydrogen-bond donors (Lipinski definition) is 0. The van der Waals surface area contributed by atoms with Crippen molar-refractivity contribution in [3.63, 3.8) is 0 Å². The van der Waals surface area contributed by atoms with E-state index in [-0.39, 0.29) is 28.1 Å². The van der Waals surface area contributed by atoms with Crippen LogP contribution < -0.4 is 4.90 Å². The van der Waals surface area contributed by atoms with Crippen molar-refractivity contribution in [1.82, 2.24) is 4.90 Å². The van der Waals surface area contributed by atoms with Gasteiger partial charge in [-0.1, -0.05) is 24.3 Å². The summed E-state index contributed by atoms with van der Waals surface area (Å²) >= 11 is -0.239. The molecule has 1 aliphatic rings. The fourth-order valence-electron chi connectivity index (χ4n) is 3.02. The van der Waals surface area contributed by atoms with Crippen molar-refractivity contribution in [1.29, 1.82) is 0 Å². The van der Waals surface area contributed by atoms with Crippen molar-refractivity contribution in [2.45, 2.75) is 17.3 Å². The molecular weight excluding hydrogens is 361 g/mol. The molecule has 0 bridgehead atoms. The molecule has 0 saturated carbocycles. The van der Waals surface area contributed by atoms with Crippen LogP contribution in [0, 0.1) is 6.92 Å². The van der Waals surface area contributed by atoms with E-state index in [1.165, 1.54) is 23.8 Å². The number of anilines is 1. The first-order valence-electron chi connectivity index (χ1n) is 8.29. The van der Waals surface area contributed by atoms with Crippen molar-refractivity contribution < 1.29 is 18.0 Å². The first-order valence-corrected chi connectivity index (χ1v) is 9.11. The summed E-state index contributed by atoms with van der Waals surface area (Å²) in [4.78, 5) is 16.5. The zero-order valence-electron chi connectivity index (χ0n) is 14.3. The number of benzene rings is 2. The average Bonchev–Trinajstić information content (AvgIpc) is 2.60. The van der Waals surface area contributed by atoms with Gasteiger partial charge in [0, 0.05) is 36.8 Å². The highest BCUT2D eigenvalue weighted by Gasteiger charge is 2.32. The zero-order valence-corrected chi connectivity index (χ0v) is 15.1. The van der Waals surface area contributed by atoms with Crippen molar-refractivity contribution in [3.8, 4) is 0 Å². The number of aryl methyl sites for hydroxylation is 1. The molecule has 1 amide bonds. The van der Waals surface area contributed by atoms with E-state index in [1.807, 2.05) is 25.1 Å². The molecule has 7 heteroatoms. The Bertz CT molecular complexity index is 786. The summed E-state index contributed by atoms with van der Waals surface area (Å²) in [5.74, 6) is -0.346. The van der Waals surface area contributed by atoms with Gasteiger partial charge in [0.2, 0.25) is 0 Å². The maximum Gasteiger partial charge on any atom is 0.446 e. The van der Waals surface area contributed by atoms with Gasteiger partial charge in [0.1, 0.15) is 0 Å². The number of amides is 1. The Labute approximate surface area is 154 Å². The summed E-state index contributed by atoms with van der Waals surface area (Å²) in [7, 11) is 0. The number of alkyl halides is 3. The average molecular weight is 380 g/mol. The normalized spacial score (nSPS) is 15.2. The molecule has 0 N–H and O–H groups in total. The van der Waals surface area contributed by atoms with Gasteiger partial charge in [0.25, 0.3) is 5.91 Å². The number of carbonyl (C=O) groups is 1. The van der Waals surface area contributed by atoms with E-state index in [4.69, 9.17) is 0 Å². The number of rotatable bonds is 3. The van der Waals surface area contributed by atoms with Crippen LogP contribution in [-0.4, -0.2) is 42.5 Å². The fourth-order valence-corrected chi connectivity index (χ4v) is 3.68. The van der Waals surface area contributed by atoms with E-state index in [0.717, 1.165) is 5.69 Å². The molecule has 0 unspecified atom stereocenters. The van der Waals surface area contributed by atoms with Crippen LogP contribution in [-0.2, 0) is 0 Å². The Hall–Kier alpha value is -2.15. The Morgan fingerprint density at radius 3 is 2.35 bits per heavy atom. The lowest BCUT2D eigenvalue weighted by Crippen LogP contribution is -2.48. The number of carbonyl (C=O) groups excluding carboxylic acids is 1. The molecule has 1 fully saturated rings. The zero-order chi connectivity index (χ0) is 18.7. The van der Waals surface area contributed by atoms with Gasteiger partial charge in [-0.3, -0.25) is 4.79 Å². The van der Waals surface area contributed by atoms with Crippen LogP contribution in [0.3, 0.4) is 0 Å². The molecule has 3 rings (SSSR count). The second-order valence-electron chi connectivity index (χ2n) is 6.16. The first-order chi connectivity index (χ1) is 12.3. The number of halogens is 3. The summed E-state index contributed by atoms with van der Waals surface area (Å²) in [6.07, 6.45) is 0. The molecule has 0 radical (unpaired) electrons. The minimum Gasteiger partial charge on any atom is -0.368 e. The largest absolute Gasteiger partial charge is 0.446 e. The maximum atomic E-state index is 12.7. The molecular formula is C19H19F3N2OS. The van der Waals surface area contributed by atoms with Crippen LogP contribution in [0.1, 0.15) is 15.9 Å². The second-order valence-corrected chi connectivity index (χ2v) is 7.27. The van der Waals surface area contributed by atoms with Gasteiger partial charge < -0.3 is 9.80 Å². The third-order valence-corrected chi connectivity index (χ3v) is 5.08. The summed E-state index contributed by atoms with van der Waals surface area (Å²) in [5.41, 5.74) is -2.04. The molecule has 138 valence electrons. The Balaban J connectivity index is 1.69. The quantitative estimate of drug-likeness (QED) is 0.729. The fraction of sp³-hybridized carbons (Fsp3) is 0.316. The summed E-state index contributed by atoms with van der Waals surface area (Å²) in [6.45, 7) is 4.31. The third-order valence-electron chi connectivity index (χ3n) is 4.28. The number of nitrogens with zero attached hydrogens (tertiary/aromatic N) is 2. The van der Waals surface area contributed by atoms with E-state index in [0.29, 0.717) is 26.2 Å². The topological polar surface area (TPSA) is 23.6 Å². The van der Waals surface area contributed by atoms with Crippen molar-refractivity contribution in [3.05, 3.63) is 59.7 Å². The monoisotopic (exact) mass is 380 g/mol. The van der Waals surface area contributed by atoms with Crippen LogP contribution in [0.15, 0.2) is 53.4 Å². The van der Waals surface area contributed by atoms with Crippen molar-refractivity contribution in [2.24, 2.45) is 0 Å². The molecule has 1 heterocycles. The van der Waals surface area contributed by atoms with Gasteiger partial charge in [-0.25, -0.2) is 0 Å². The Kier molecular flexibility index (Phi) is 5.46. The molecule has 2 aromatic carbocycles. The summed E-state index contributed by atoms with van der Waals surface area (Å²) in [5, 5.41) is 0. The lowest BCUT2D eigenvalue weighted by molar-refractivity contribution is -0.0328. The second kappa shape index (κ2) is 7.61. The molecule has 0 aliphatic carbocycles. The molecule has 0 spiro atoms. The third kappa shape index (κ3) is 4.52. The highest BCUT2D eigenvalue weighted by molar-refractivity contribution is 8.00. The smallest absolute Gasteiger partial charge is 0.368 e. The Morgan fingerprint density at radius 2 is 1.69 bits per heavy atom. The van der Waals surface area contributed by atoms with E-state index in [1.54, 1.807) is 11.0 Å². The molecule has 0 atom stereocenters. The predicted octanol–water partition coefficient (Wildman–Crippen LogP) is 4.57. The maximum absolute atomic E-state index is 12.7. The highest BCUT2D eigenvalue weighted by atomic mass is 32.2. The van der Waals surface area contributed by atoms with Crippen molar-refractivity contribution in [2.75, 3.05) is 31.1 Å².